The van der Waals surface area contributed by atoms with Crippen molar-refractivity contribution in [3.63, 3.8) is 0 Å². The Balaban J connectivity index is 1.98. The lowest BCUT2D eigenvalue weighted by molar-refractivity contribution is -0.120. The summed E-state index contributed by atoms with van der Waals surface area (Å²) in [5.74, 6) is -0.275. The Morgan fingerprint density at radius 1 is 1.08 bits per heavy atom. The van der Waals surface area contributed by atoms with Gasteiger partial charge in [0.2, 0.25) is 11.8 Å². The van der Waals surface area contributed by atoms with Gasteiger partial charge in [0.1, 0.15) is 0 Å². The average molecular weight is 360 g/mol. The fourth-order valence-corrected chi connectivity index (χ4v) is 2.60. The third-order valence-corrected chi connectivity index (χ3v) is 4.05. The van der Waals surface area contributed by atoms with Gasteiger partial charge in [-0.1, -0.05) is 29.8 Å². The van der Waals surface area contributed by atoms with Crippen LogP contribution in [0.2, 0.25) is 5.02 Å². The van der Waals surface area contributed by atoms with Gasteiger partial charge in [-0.05, 0) is 49.9 Å². The maximum absolute atomic E-state index is 12.5. The Hall–Kier alpha value is -2.37. The number of anilines is 2. The molecule has 2 aromatic carbocycles. The second kappa shape index (κ2) is 8.65. The number of rotatable bonds is 6. The first kappa shape index (κ1) is 19.0. The lowest BCUT2D eigenvalue weighted by atomic mass is 10.2. The molecule has 2 rings (SSSR count). The van der Waals surface area contributed by atoms with Gasteiger partial charge in [0, 0.05) is 29.9 Å². The zero-order valence-corrected chi connectivity index (χ0v) is 15.3. The third kappa shape index (κ3) is 5.89. The summed E-state index contributed by atoms with van der Waals surface area (Å²) < 4.78 is 0. The minimum absolute atomic E-state index is 0.121. The van der Waals surface area contributed by atoms with Gasteiger partial charge in [0.25, 0.3) is 0 Å². The minimum atomic E-state index is -0.330. The number of benzene rings is 2. The van der Waals surface area contributed by atoms with Crippen LogP contribution in [0.15, 0.2) is 48.5 Å². The standard InChI is InChI=1S/C19H22ClN3O2/c1-13(23(3)12-15-6-4-7-16(20)10-15)19(25)22-18-9-5-8-17(11-18)21-14(2)24/h4-11,13H,12H2,1-3H3,(H,21,24)(H,22,25). The summed E-state index contributed by atoms with van der Waals surface area (Å²) in [6, 6.07) is 14.3. The number of nitrogens with one attached hydrogen (secondary N) is 2. The number of hydrogen-bond acceptors (Lipinski definition) is 3. The molecule has 0 fully saturated rings. The van der Waals surface area contributed by atoms with E-state index in [0.717, 1.165) is 5.56 Å². The van der Waals surface area contributed by atoms with E-state index in [1.807, 2.05) is 43.1 Å². The summed E-state index contributed by atoms with van der Waals surface area (Å²) in [4.78, 5) is 25.5. The van der Waals surface area contributed by atoms with Gasteiger partial charge >= 0.3 is 0 Å². The molecule has 6 heteroatoms. The van der Waals surface area contributed by atoms with Crippen LogP contribution in [-0.2, 0) is 16.1 Å². The third-order valence-electron chi connectivity index (χ3n) is 3.81. The molecule has 0 aliphatic heterocycles. The zero-order valence-electron chi connectivity index (χ0n) is 14.5. The number of amides is 2. The molecule has 0 saturated carbocycles. The molecule has 25 heavy (non-hydrogen) atoms. The second-order valence-corrected chi connectivity index (χ2v) is 6.41. The summed E-state index contributed by atoms with van der Waals surface area (Å²) in [6.45, 7) is 3.90. The lowest BCUT2D eigenvalue weighted by Gasteiger charge is -2.24. The molecule has 0 bridgehead atoms. The van der Waals surface area contributed by atoms with E-state index >= 15 is 0 Å². The molecule has 0 aliphatic carbocycles. The molecule has 132 valence electrons. The smallest absolute Gasteiger partial charge is 0.241 e. The second-order valence-electron chi connectivity index (χ2n) is 5.97. The Morgan fingerprint density at radius 3 is 2.36 bits per heavy atom. The Kier molecular flexibility index (Phi) is 6.56. The van der Waals surface area contributed by atoms with Crippen molar-refractivity contribution in [3.8, 4) is 0 Å². The van der Waals surface area contributed by atoms with E-state index < -0.39 is 0 Å². The molecule has 5 nitrogen and oxygen atoms in total. The van der Waals surface area contributed by atoms with Crippen LogP contribution in [0.5, 0.6) is 0 Å². The molecule has 0 heterocycles. The number of carbonyl (C=O) groups is 2. The van der Waals surface area contributed by atoms with E-state index in [1.54, 1.807) is 24.3 Å². The maximum atomic E-state index is 12.5. The van der Waals surface area contributed by atoms with Crippen LogP contribution >= 0.6 is 11.6 Å². The van der Waals surface area contributed by atoms with Crippen LogP contribution in [0.25, 0.3) is 0 Å². The van der Waals surface area contributed by atoms with Gasteiger partial charge in [-0.15, -0.1) is 0 Å². The predicted octanol–water partition coefficient (Wildman–Crippen LogP) is 3.76. The predicted molar refractivity (Wildman–Crippen MR) is 102 cm³/mol. The van der Waals surface area contributed by atoms with Crippen molar-refractivity contribution in [3.05, 3.63) is 59.1 Å². The summed E-state index contributed by atoms with van der Waals surface area (Å²) in [6.07, 6.45) is 0. The molecule has 0 radical (unpaired) electrons. The van der Waals surface area contributed by atoms with Gasteiger partial charge in [-0.2, -0.15) is 0 Å². The van der Waals surface area contributed by atoms with Crippen LogP contribution in [0.3, 0.4) is 0 Å². The first-order chi connectivity index (χ1) is 11.8. The molecule has 2 aromatic rings. The lowest BCUT2D eigenvalue weighted by Crippen LogP contribution is -2.39. The van der Waals surface area contributed by atoms with E-state index in [1.165, 1.54) is 6.92 Å². The van der Waals surface area contributed by atoms with E-state index in [9.17, 15) is 9.59 Å². The number of nitrogens with zero attached hydrogens (tertiary/aromatic N) is 1. The van der Waals surface area contributed by atoms with Crippen molar-refractivity contribution in [1.82, 2.24) is 4.90 Å². The SMILES string of the molecule is CC(=O)Nc1cccc(NC(=O)C(C)N(C)Cc2cccc(Cl)c2)c1. The van der Waals surface area contributed by atoms with Crippen molar-refractivity contribution in [2.45, 2.75) is 26.4 Å². The maximum Gasteiger partial charge on any atom is 0.241 e. The molecular weight excluding hydrogens is 338 g/mol. The molecular formula is C19H22ClN3O2. The van der Waals surface area contributed by atoms with Crippen molar-refractivity contribution < 1.29 is 9.59 Å². The Morgan fingerprint density at radius 2 is 1.72 bits per heavy atom. The average Bonchev–Trinajstić information content (AvgIpc) is 2.53. The zero-order chi connectivity index (χ0) is 18.4. The number of hydrogen-bond donors (Lipinski definition) is 2. The van der Waals surface area contributed by atoms with E-state index in [4.69, 9.17) is 11.6 Å². The van der Waals surface area contributed by atoms with E-state index in [0.29, 0.717) is 22.9 Å². The normalized spacial score (nSPS) is 11.9. The highest BCUT2D eigenvalue weighted by atomic mass is 35.5. The summed E-state index contributed by atoms with van der Waals surface area (Å²) in [5, 5.41) is 6.25. The molecule has 0 saturated heterocycles. The molecule has 2 N–H and O–H groups in total. The minimum Gasteiger partial charge on any atom is -0.326 e. The quantitative estimate of drug-likeness (QED) is 0.825. The monoisotopic (exact) mass is 359 g/mol. The van der Waals surface area contributed by atoms with Gasteiger partial charge in [-0.25, -0.2) is 0 Å². The number of likely N-dealkylation sites (N-methyl/N-ethyl adjacent to an activating group) is 1. The van der Waals surface area contributed by atoms with Crippen molar-refractivity contribution in [2.75, 3.05) is 17.7 Å². The van der Waals surface area contributed by atoms with Crippen LogP contribution in [0.1, 0.15) is 19.4 Å². The van der Waals surface area contributed by atoms with Crippen LogP contribution in [0, 0.1) is 0 Å². The summed E-state index contributed by atoms with van der Waals surface area (Å²) in [5.41, 5.74) is 2.33. The van der Waals surface area contributed by atoms with Crippen molar-refractivity contribution >= 4 is 34.8 Å². The Bertz CT molecular complexity index is 764. The van der Waals surface area contributed by atoms with Crippen molar-refractivity contribution in [1.29, 1.82) is 0 Å². The highest BCUT2D eigenvalue weighted by Gasteiger charge is 2.18. The summed E-state index contributed by atoms with van der Waals surface area (Å²) >= 11 is 6.00. The van der Waals surface area contributed by atoms with Crippen LogP contribution < -0.4 is 10.6 Å². The fraction of sp³-hybridized carbons (Fsp3) is 0.263. The topological polar surface area (TPSA) is 61.4 Å². The van der Waals surface area contributed by atoms with E-state index in [-0.39, 0.29) is 17.9 Å². The van der Waals surface area contributed by atoms with Crippen LogP contribution in [-0.4, -0.2) is 29.8 Å². The van der Waals surface area contributed by atoms with E-state index in [2.05, 4.69) is 10.6 Å². The highest BCUT2D eigenvalue weighted by Crippen LogP contribution is 2.17. The number of halogens is 1. The molecule has 1 atom stereocenters. The first-order valence-electron chi connectivity index (χ1n) is 7.98. The summed E-state index contributed by atoms with van der Waals surface area (Å²) in [7, 11) is 1.89. The van der Waals surface area contributed by atoms with Crippen molar-refractivity contribution in [2.24, 2.45) is 0 Å². The fourth-order valence-electron chi connectivity index (χ4n) is 2.39. The highest BCUT2D eigenvalue weighted by molar-refractivity contribution is 6.30. The molecule has 0 aromatic heterocycles. The van der Waals surface area contributed by atoms with Gasteiger partial charge in [-0.3, -0.25) is 14.5 Å². The van der Waals surface area contributed by atoms with Gasteiger partial charge < -0.3 is 10.6 Å². The molecule has 1 unspecified atom stereocenters. The Labute approximate surface area is 153 Å². The first-order valence-corrected chi connectivity index (χ1v) is 8.36. The number of carbonyl (C=O) groups excluding carboxylic acids is 2. The molecule has 0 spiro atoms. The van der Waals surface area contributed by atoms with Gasteiger partial charge in [0.05, 0.1) is 6.04 Å². The van der Waals surface area contributed by atoms with Gasteiger partial charge in [0.15, 0.2) is 0 Å². The molecule has 0 aliphatic rings. The largest absolute Gasteiger partial charge is 0.326 e. The molecule has 2 amide bonds. The van der Waals surface area contributed by atoms with Crippen LogP contribution in [0.4, 0.5) is 11.4 Å².